The predicted octanol–water partition coefficient (Wildman–Crippen LogP) is 4.96. The summed E-state index contributed by atoms with van der Waals surface area (Å²) in [6, 6.07) is 9.62. The van der Waals surface area contributed by atoms with Crippen LogP contribution < -0.4 is 0 Å². The van der Waals surface area contributed by atoms with Crippen molar-refractivity contribution in [2.75, 3.05) is 0 Å². The molecule has 2 aromatic heterocycles. The van der Waals surface area contributed by atoms with Crippen LogP contribution in [0.15, 0.2) is 30.5 Å². The van der Waals surface area contributed by atoms with Crippen molar-refractivity contribution < 1.29 is 5.11 Å². The molecule has 134 valence electrons. The van der Waals surface area contributed by atoms with Crippen molar-refractivity contribution in [1.29, 1.82) is 5.26 Å². The van der Waals surface area contributed by atoms with Gasteiger partial charge in [0.25, 0.3) is 0 Å². The molecule has 5 heteroatoms. The molecule has 0 saturated carbocycles. The number of nitriles is 1. The second-order valence-corrected chi connectivity index (χ2v) is 6.62. The monoisotopic (exact) mass is 356 g/mol. The van der Waals surface area contributed by atoms with E-state index in [1.54, 1.807) is 25.3 Å². The number of hydrogen-bond donors (Lipinski definition) is 1. The fourth-order valence-corrected chi connectivity index (χ4v) is 3.40. The average molecular weight is 356 g/mol. The van der Waals surface area contributed by atoms with E-state index in [9.17, 15) is 10.4 Å². The molecular weight excluding hydrogens is 336 g/mol. The van der Waals surface area contributed by atoms with E-state index in [0.717, 1.165) is 33.6 Å². The van der Waals surface area contributed by atoms with E-state index in [2.05, 4.69) is 20.5 Å². The second kappa shape index (κ2) is 6.97. The van der Waals surface area contributed by atoms with E-state index in [1.807, 2.05) is 32.9 Å². The van der Waals surface area contributed by atoms with Gasteiger partial charge in [-0.2, -0.15) is 5.26 Å². The lowest BCUT2D eigenvalue weighted by Crippen LogP contribution is -2.06. The Morgan fingerprint density at radius 3 is 2.41 bits per heavy atom. The van der Waals surface area contributed by atoms with E-state index >= 15 is 0 Å². The molecule has 0 atom stereocenters. The van der Waals surface area contributed by atoms with E-state index in [-0.39, 0.29) is 5.75 Å². The minimum Gasteiger partial charge on any atom is -0.506 e. The Morgan fingerprint density at radius 1 is 1.15 bits per heavy atom. The summed E-state index contributed by atoms with van der Waals surface area (Å²) in [5.74, 6) is 0.213. The number of pyridine rings is 1. The van der Waals surface area contributed by atoms with Crippen molar-refractivity contribution in [3.63, 3.8) is 0 Å². The van der Waals surface area contributed by atoms with Crippen LogP contribution in [0.3, 0.4) is 0 Å². The van der Waals surface area contributed by atoms with E-state index in [1.165, 1.54) is 0 Å². The molecule has 0 amide bonds. The predicted molar refractivity (Wildman–Crippen MR) is 105 cm³/mol. The van der Waals surface area contributed by atoms with Gasteiger partial charge in [0.05, 0.1) is 17.8 Å². The number of rotatable bonds is 3. The van der Waals surface area contributed by atoms with Crippen LogP contribution in [-0.2, 0) is 6.54 Å². The van der Waals surface area contributed by atoms with Gasteiger partial charge in [0.15, 0.2) is 5.69 Å². The third kappa shape index (κ3) is 3.05. The summed E-state index contributed by atoms with van der Waals surface area (Å²) in [4.78, 5) is 7.69. The van der Waals surface area contributed by atoms with Crippen molar-refractivity contribution >= 4 is 5.69 Å². The maximum Gasteiger partial charge on any atom is 0.187 e. The number of nitrogens with zero attached hydrogens (tertiary/aromatic N) is 4. The average Bonchev–Trinajstić information content (AvgIpc) is 2.92. The first kappa shape index (κ1) is 18.2. The van der Waals surface area contributed by atoms with Crippen molar-refractivity contribution in [3.8, 4) is 22.9 Å². The summed E-state index contributed by atoms with van der Waals surface area (Å²) in [5.41, 5.74) is 7.17. The van der Waals surface area contributed by atoms with Crippen molar-refractivity contribution in [3.05, 3.63) is 75.7 Å². The largest absolute Gasteiger partial charge is 0.506 e. The third-order valence-electron chi connectivity index (χ3n) is 5.10. The summed E-state index contributed by atoms with van der Waals surface area (Å²) in [7, 11) is 0. The smallest absolute Gasteiger partial charge is 0.187 e. The van der Waals surface area contributed by atoms with Gasteiger partial charge in [0.2, 0.25) is 0 Å². The van der Waals surface area contributed by atoms with E-state index in [4.69, 9.17) is 6.57 Å². The topological polar surface area (TPSA) is 66.2 Å². The normalized spacial score (nSPS) is 10.4. The van der Waals surface area contributed by atoms with Crippen LogP contribution in [0.4, 0.5) is 5.69 Å². The fourth-order valence-electron chi connectivity index (χ4n) is 3.40. The molecule has 0 bridgehead atoms. The Labute approximate surface area is 159 Å². The second-order valence-electron chi connectivity index (χ2n) is 6.62. The van der Waals surface area contributed by atoms with Gasteiger partial charge in [0.1, 0.15) is 11.8 Å². The molecule has 1 N–H and O–H groups in total. The molecule has 0 saturated heterocycles. The molecule has 0 aliphatic heterocycles. The Kier molecular flexibility index (Phi) is 4.71. The van der Waals surface area contributed by atoms with Crippen molar-refractivity contribution in [2.45, 2.75) is 34.2 Å². The van der Waals surface area contributed by atoms with Crippen LogP contribution in [0.2, 0.25) is 0 Å². The number of benzene rings is 1. The zero-order valence-corrected chi connectivity index (χ0v) is 15.8. The van der Waals surface area contributed by atoms with Gasteiger partial charge in [0, 0.05) is 29.7 Å². The van der Waals surface area contributed by atoms with Gasteiger partial charge in [-0.3, -0.25) is 4.98 Å². The van der Waals surface area contributed by atoms with E-state index in [0.29, 0.717) is 23.5 Å². The summed E-state index contributed by atoms with van der Waals surface area (Å²) in [6.45, 7) is 15.2. The first-order valence-corrected chi connectivity index (χ1v) is 8.60. The van der Waals surface area contributed by atoms with Gasteiger partial charge in [-0.1, -0.05) is 24.3 Å². The minimum absolute atomic E-state index is 0.213. The highest BCUT2D eigenvalue weighted by atomic mass is 16.3. The van der Waals surface area contributed by atoms with Crippen LogP contribution >= 0.6 is 0 Å². The molecule has 0 fully saturated rings. The lowest BCUT2D eigenvalue weighted by molar-refractivity contribution is 0.461. The van der Waals surface area contributed by atoms with Crippen molar-refractivity contribution in [2.24, 2.45) is 0 Å². The molecule has 3 rings (SSSR count). The quantitative estimate of drug-likeness (QED) is 0.675. The molecular formula is C22H20N4O. The minimum atomic E-state index is 0.213. The number of aryl methyl sites for hydroxylation is 1. The Balaban J connectivity index is 2.13. The van der Waals surface area contributed by atoms with Gasteiger partial charge in [-0.05, 0) is 44.4 Å². The molecule has 27 heavy (non-hydrogen) atoms. The molecule has 0 aliphatic carbocycles. The van der Waals surface area contributed by atoms with Gasteiger partial charge in [-0.25, -0.2) is 4.85 Å². The molecule has 3 aromatic rings. The highest BCUT2D eigenvalue weighted by Gasteiger charge is 2.20. The number of hydrogen-bond acceptors (Lipinski definition) is 3. The third-order valence-corrected chi connectivity index (χ3v) is 5.10. The highest BCUT2D eigenvalue weighted by molar-refractivity contribution is 5.76. The Morgan fingerprint density at radius 2 is 1.81 bits per heavy atom. The zero-order chi connectivity index (χ0) is 19.7. The van der Waals surface area contributed by atoms with Crippen LogP contribution in [0.1, 0.15) is 33.8 Å². The van der Waals surface area contributed by atoms with Crippen LogP contribution in [-0.4, -0.2) is 14.7 Å². The number of aromatic hydroxyl groups is 1. The molecule has 0 aliphatic rings. The first-order valence-electron chi connectivity index (χ1n) is 8.60. The summed E-state index contributed by atoms with van der Waals surface area (Å²) >= 11 is 0. The summed E-state index contributed by atoms with van der Waals surface area (Å²) in [6.07, 6.45) is 1.78. The lowest BCUT2D eigenvalue weighted by Gasteiger charge is -2.13. The van der Waals surface area contributed by atoms with Gasteiger partial charge < -0.3 is 9.67 Å². The van der Waals surface area contributed by atoms with Gasteiger partial charge >= 0.3 is 0 Å². The molecule has 2 heterocycles. The lowest BCUT2D eigenvalue weighted by atomic mass is 10.0. The first-order chi connectivity index (χ1) is 12.9. The highest BCUT2D eigenvalue weighted by Crippen LogP contribution is 2.34. The molecule has 0 radical (unpaired) electrons. The maximum absolute atomic E-state index is 10.2. The molecule has 5 nitrogen and oxygen atoms in total. The van der Waals surface area contributed by atoms with Crippen LogP contribution in [0, 0.1) is 45.6 Å². The molecule has 0 spiro atoms. The fraction of sp³-hybridized carbons (Fsp3) is 0.227. The maximum atomic E-state index is 10.2. The Bertz CT molecular complexity index is 1110. The zero-order valence-electron chi connectivity index (χ0n) is 15.8. The van der Waals surface area contributed by atoms with Crippen molar-refractivity contribution in [1.82, 2.24) is 9.55 Å². The summed E-state index contributed by atoms with van der Waals surface area (Å²) in [5, 5.41) is 19.9. The van der Waals surface area contributed by atoms with Crippen LogP contribution in [0.25, 0.3) is 16.0 Å². The SMILES string of the molecule is [C-]#[N+]c1ccc(-c2c(C#N)c(C)n(Cc3cnc(C)c(O)c3C)c2C)cc1. The standard InChI is InChI=1S/C22H20N4O/c1-13-18(11-25-14(2)22(13)27)12-26-15(3)20(10-23)21(16(26)4)17-6-8-19(24-5)9-7-17/h6-9,11,27H,12H2,1-4H3. The summed E-state index contributed by atoms with van der Waals surface area (Å²) < 4.78 is 2.08. The molecule has 1 aromatic carbocycles. The number of aromatic nitrogens is 2. The molecule has 0 unspecified atom stereocenters. The van der Waals surface area contributed by atoms with Crippen LogP contribution in [0.5, 0.6) is 5.75 Å². The van der Waals surface area contributed by atoms with Gasteiger partial charge in [-0.15, -0.1) is 0 Å². The Hall–Kier alpha value is -3.57. The van der Waals surface area contributed by atoms with E-state index < -0.39 is 0 Å².